The van der Waals surface area contributed by atoms with Gasteiger partial charge in [-0.1, -0.05) is 0 Å². The van der Waals surface area contributed by atoms with E-state index in [0.29, 0.717) is 19.5 Å². The summed E-state index contributed by atoms with van der Waals surface area (Å²) in [5, 5.41) is 4.59. The second-order valence-electron chi connectivity index (χ2n) is 5.36. The zero-order valence-corrected chi connectivity index (χ0v) is 9.96. The highest BCUT2D eigenvalue weighted by Crippen LogP contribution is 2.46. The second-order valence-corrected chi connectivity index (χ2v) is 5.36. The maximum atomic E-state index is 11.9. The predicted octanol–water partition coefficient (Wildman–Crippen LogP) is -1.52. The number of hydrogen-bond donors (Lipinski definition) is 2. The Morgan fingerprint density at radius 2 is 1.21 bits per heavy atom. The van der Waals surface area contributed by atoms with Crippen molar-refractivity contribution in [2.24, 2.45) is 11.8 Å². The Kier molecular flexibility index (Phi) is 1.84. The molecule has 0 bridgehead atoms. The smallest absolute Gasteiger partial charge is 0.318 e. The van der Waals surface area contributed by atoms with Crippen molar-refractivity contribution in [1.29, 1.82) is 0 Å². The van der Waals surface area contributed by atoms with Crippen LogP contribution in [0, 0.1) is 11.8 Å². The topological polar surface area (TPSA) is 98.8 Å². The van der Waals surface area contributed by atoms with Crippen LogP contribution in [0.1, 0.15) is 6.42 Å². The lowest BCUT2D eigenvalue weighted by molar-refractivity contribution is -0.160. The van der Waals surface area contributed by atoms with Crippen LogP contribution in [0.25, 0.3) is 0 Å². The van der Waals surface area contributed by atoms with Gasteiger partial charge in [-0.3, -0.25) is 20.2 Å². The minimum absolute atomic E-state index is 0.344. The van der Waals surface area contributed by atoms with Gasteiger partial charge in [0.05, 0.1) is 23.9 Å². The molecule has 4 rings (SSSR count). The second kappa shape index (κ2) is 3.25. The Morgan fingerprint density at radius 3 is 1.63 bits per heavy atom. The summed E-state index contributed by atoms with van der Waals surface area (Å²) in [6, 6.07) is -1.51. The van der Waals surface area contributed by atoms with Crippen LogP contribution in [-0.2, 0) is 9.59 Å². The number of rotatable bonds is 0. The van der Waals surface area contributed by atoms with Gasteiger partial charge in [0.25, 0.3) is 0 Å². The first-order chi connectivity index (χ1) is 9.09. The molecule has 0 unspecified atom stereocenters. The molecule has 3 aliphatic heterocycles. The summed E-state index contributed by atoms with van der Waals surface area (Å²) in [6.45, 7) is 1.00. The van der Waals surface area contributed by atoms with Crippen molar-refractivity contribution in [1.82, 2.24) is 20.4 Å². The Balaban J connectivity index is 1.80. The summed E-state index contributed by atoms with van der Waals surface area (Å²) >= 11 is 0. The highest BCUT2D eigenvalue weighted by molar-refractivity contribution is 6.07. The molecule has 0 radical (unpaired) electrons. The van der Waals surface area contributed by atoms with Gasteiger partial charge in [-0.2, -0.15) is 0 Å². The summed E-state index contributed by atoms with van der Waals surface area (Å²) < 4.78 is 0. The van der Waals surface area contributed by atoms with Gasteiger partial charge in [-0.05, 0) is 6.42 Å². The van der Waals surface area contributed by atoms with Crippen LogP contribution in [0.5, 0.6) is 0 Å². The average Bonchev–Trinajstić information content (AvgIpc) is 2.47. The van der Waals surface area contributed by atoms with E-state index in [1.807, 2.05) is 0 Å². The molecule has 4 atom stereocenters. The Labute approximate surface area is 108 Å². The minimum Gasteiger partial charge on any atom is -0.318 e. The number of hydrogen-bond acceptors (Lipinski definition) is 4. The molecule has 4 fully saturated rings. The normalized spacial score (nSPS) is 40.0. The largest absolute Gasteiger partial charge is 0.324 e. The van der Waals surface area contributed by atoms with Gasteiger partial charge in [0.2, 0.25) is 11.8 Å². The number of nitrogens with one attached hydrogen (secondary N) is 2. The van der Waals surface area contributed by atoms with Gasteiger partial charge in [-0.15, -0.1) is 0 Å². The quantitative estimate of drug-likeness (QED) is 0.555. The van der Waals surface area contributed by atoms with E-state index in [0.717, 1.165) is 0 Å². The van der Waals surface area contributed by atoms with E-state index in [1.165, 1.54) is 0 Å². The molecule has 3 saturated heterocycles. The van der Waals surface area contributed by atoms with E-state index in [4.69, 9.17) is 0 Å². The molecule has 0 aromatic rings. The fraction of sp³-hybridized carbons (Fsp3) is 0.636. The van der Waals surface area contributed by atoms with Gasteiger partial charge < -0.3 is 9.80 Å². The molecule has 0 aromatic heterocycles. The molecule has 2 N–H and O–H groups in total. The van der Waals surface area contributed by atoms with Crippen molar-refractivity contribution in [3.63, 3.8) is 0 Å². The minimum atomic E-state index is -0.531. The highest BCUT2D eigenvalue weighted by atomic mass is 16.2. The molecule has 100 valence electrons. The number of carbonyl (C=O) groups excluding carboxylic acids is 4. The molecule has 19 heavy (non-hydrogen) atoms. The molecule has 1 aliphatic carbocycles. The third kappa shape index (κ3) is 1.14. The summed E-state index contributed by atoms with van der Waals surface area (Å²) in [5.74, 6) is -1.87. The van der Waals surface area contributed by atoms with Crippen LogP contribution < -0.4 is 10.6 Å². The van der Waals surface area contributed by atoms with Crippen LogP contribution >= 0.6 is 0 Å². The molecule has 1 saturated carbocycles. The monoisotopic (exact) mass is 264 g/mol. The summed E-state index contributed by atoms with van der Waals surface area (Å²) in [4.78, 5) is 50.6. The predicted molar refractivity (Wildman–Crippen MR) is 59.7 cm³/mol. The lowest BCUT2D eigenvalue weighted by Crippen LogP contribution is -2.81. The van der Waals surface area contributed by atoms with E-state index < -0.39 is 35.7 Å². The standard InChI is InChI=1S/C11H12N4O4/c16-8-4-5-7-6(4)14(10(18)12-8)2-1-3-15(7)11(19)13-9(5)17/h4-7H,1-3H2,(H,12,16,18)(H,13,17,19)/t4-,5+,6-,7+. The van der Waals surface area contributed by atoms with Crippen molar-refractivity contribution in [3.8, 4) is 0 Å². The van der Waals surface area contributed by atoms with Crippen LogP contribution in [0.2, 0.25) is 0 Å². The van der Waals surface area contributed by atoms with E-state index in [-0.39, 0.29) is 12.1 Å². The number of amides is 6. The summed E-state index contributed by atoms with van der Waals surface area (Å²) in [5.41, 5.74) is 0. The van der Waals surface area contributed by atoms with Gasteiger partial charge >= 0.3 is 12.1 Å². The Hall–Kier alpha value is -2.12. The first-order valence-corrected chi connectivity index (χ1v) is 6.32. The maximum absolute atomic E-state index is 11.9. The number of fused-ring (bicyclic) bond motifs is 1. The van der Waals surface area contributed by atoms with Gasteiger partial charge in [0.15, 0.2) is 0 Å². The zero-order valence-electron chi connectivity index (χ0n) is 9.96. The summed E-state index contributed by atoms with van der Waals surface area (Å²) in [6.07, 6.45) is 0.648. The lowest BCUT2D eigenvalue weighted by Gasteiger charge is -2.59. The first-order valence-electron chi connectivity index (χ1n) is 6.32. The molecule has 0 aromatic carbocycles. The molecule has 4 aliphatic rings. The lowest BCUT2D eigenvalue weighted by atomic mass is 9.61. The average molecular weight is 264 g/mol. The van der Waals surface area contributed by atoms with E-state index in [1.54, 1.807) is 9.80 Å². The number of imide groups is 2. The van der Waals surface area contributed by atoms with E-state index in [2.05, 4.69) is 10.6 Å². The van der Waals surface area contributed by atoms with E-state index >= 15 is 0 Å². The Bertz CT molecular complexity index is 487. The first kappa shape index (κ1) is 10.8. The van der Waals surface area contributed by atoms with Crippen molar-refractivity contribution in [3.05, 3.63) is 0 Å². The van der Waals surface area contributed by atoms with Crippen LogP contribution in [-0.4, -0.2) is 58.8 Å². The zero-order chi connectivity index (χ0) is 13.3. The van der Waals surface area contributed by atoms with Crippen molar-refractivity contribution >= 4 is 23.9 Å². The Morgan fingerprint density at radius 1 is 0.789 bits per heavy atom. The molecule has 3 heterocycles. The molecule has 8 nitrogen and oxygen atoms in total. The molecular formula is C11H12N4O4. The number of carbonyl (C=O) groups is 4. The number of nitrogens with zero attached hydrogens (tertiary/aromatic N) is 2. The SMILES string of the molecule is O=C1NC(=O)N2CCCN3C(=O)NC(=O)[C@H]4[C@@H]1[C@@H]2[C@H]43. The van der Waals surface area contributed by atoms with Crippen LogP contribution in [0.3, 0.4) is 0 Å². The molecule has 8 heteroatoms. The molecular weight excluding hydrogens is 252 g/mol. The van der Waals surface area contributed by atoms with E-state index in [9.17, 15) is 19.2 Å². The van der Waals surface area contributed by atoms with Crippen molar-refractivity contribution in [2.45, 2.75) is 18.5 Å². The summed E-state index contributed by atoms with van der Waals surface area (Å²) in [7, 11) is 0. The molecule has 0 spiro atoms. The van der Waals surface area contributed by atoms with Crippen molar-refractivity contribution in [2.75, 3.05) is 13.1 Å². The van der Waals surface area contributed by atoms with Gasteiger partial charge in [0.1, 0.15) is 0 Å². The fourth-order valence-corrected chi connectivity index (χ4v) is 3.80. The van der Waals surface area contributed by atoms with Crippen molar-refractivity contribution < 1.29 is 19.2 Å². The third-order valence-corrected chi connectivity index (χ3v) is 4.58. The highest BCUT2D eigenvalue weighted by Gasteiger charge is 2.67. The van der Waals surface area contributed by atoms with Gasteiger partial charge in [0, 0.05) is 13.1 Å². The fourth-order valence-electron chi connectivity index (χ4n) is 3.80. The van der Waals surface area contributed by atoms with Crippen LogP contribution in [0.15, 0.2) is 0 Å². The third-order valence-electron chi connectivity index (χ3n) is 4.58. The maximum Gasteiger partial charge on any atom is 0.324 e. The van der Waals surface area contributed by atoms with Crippen LogP contribution in [0.4, 0.5) is 9.59 Å². The number of urea groups is 2. The van der Waals surface area contributed by atoms with Gasteiger partial charge in [-0.25, -0.2) is 9.59 Å². The molecule has 6 amide bonds.